The van der Waals surface area contributed by atoms with Gasteiger partial charge in [-0.15, -0.1) is 0 Å². The number of sulfonamides is 1. The summed E-state index contributed by atoms with van der Waals surface area (Å²) in [5.74, 6) is 1.62. The number of carbonyl (C=O) groups is 4. The first kappa shape index (κ1) is 31.8. The van der Waals surface area contributed by atoms with Gasteiger partial charge in [0.15, 0.2) is 11.6 Å². The molecule has 0 saturated carbocycles. The number of amides is 2. The van der Waals surface area contributed by atoms with Crippen LogP contribution in [0.5, 0.6) is 0 Å². The van der Waals surface area contributed by atoms with Crippen LogP contribution in [0.3, 0.4) is 0 Å². The lowest BCUT2D eigenvalue weighted by molar-refractivity contribution is -0.138. The van der Waals surface area contributed by atoms with Crippen LogP contribution in [0.2, 0.25) is 5.02 Å². The van der Waals surface area contributed by atoms with Crippen LogP contribution in [-0.4, -0.2) is 65.8 Å². The predicted molar refractivity (Wildman–Crippen MR) is 156 cm³/mol. The van der Waals surface area contributed by atoms with E-state index in [9.17, 15) is 36.4 Å². The van der Waals surface area contributed by atoms with E-state index in [-0.39, 0.29) is 60.0 Å². The second kappa shape index (κ2) is 13.1. The lowest BCUT2D eigenvalue weighted by Crippen LogP contribution is -2.42. The van der Waals surface area contributed by atoms with Crippen molar-refractivity contribution in [3.05, 3.63) is 70.1 Å². The number of alkyl halides is 1. The molecule has 226 valence electrons. The molecule has 0 radical (unpaired) electrons. The highest BCUT2D eigenvalue weighted by atomic mass is 35.5. The van der Waals surface area contributed by atoms with E-state index in [1.165, 1.54) is 53.8 Å². The van der Waals surface area contributed by atoms with Crippen LogP contribution in [0.4, 0.5) is 8.78 Å². The minimum absolute atomic E-state index is 0.0478. The molecule has 2 aromatic carbocycles. The normalized spacial score (nSPS) is 16.5. The van der Waals surface area contributed by atoms with Crippen LogP contribution in [0.1, 0.15) is 48.2 Å². The van der Waals surface area contributed by atoms with E-state index in [2.05, 4.69) is 11.8 Å². The predicted octanol–water partition coefficient (Wildman–Crippen LogP) is 3.59. The Hall–Kier alpha value is -4.08. The van der Waals surface area contributed by atoms with Crippen LogP contribution in [0.25, 0.3) is 10.9 Å². The summed E-state index contributed by atoms with van der Waals surface area (Å²) < 4.78 is 55.2. The van der Waals surface area contributed by atoms with Gasteiger partial charge in [-0.2, -0.15) is 0 Å². The zero-order chi connectivity index (χ0) is 31.5. The van der Waals surface area contributed by atoms with E-state index in [1.54, 1.807) is 12.1 Å². The molecule has 1 aromatic heterocycles. The first-order valence-electron chi connectivity index (χ1n) is 13.4. The van der Waals surface area contributed by atoms with E-state index < -0.39 is 45.7 Å². The Labute approximate surface area is 252 Å². The number of benzene rings is 2. The smallest absolute Gasteiger partial charge is 0.309 e. The summed E-state index contributed by atoms with van der Waals surface area (Å²) in [7, 11) is -3.77. The number of hydrogen-bond acceptors (Lipinski definition) is 6. The maximum absolute atomic E-state index is 14.5. The fraction of sp³-hybridized carbons (Fsp3) is 0.333. The average Bonchev–Trinajstić information content (AvgIpc) is 3.53. The number of aromatic nitrogens is 1. The number of hydrogen-bond donors (Lipinski definition) is 1. The van der Waals surface area contributed by atoms with Crippen LogP contribution >= 0.6 is 11.6 Å². The lowest BCUT2D eigenvalue weighted by Gasteiger charge is -2.24. The van der Waals surface area contributed by atoms with Gasteiger partial charge in [-0.3, -0.25) is 19.2 Å². The van der Waals surface area contributed by atoms with Gasteiger partial charge in [0.1, 0.15) is 18.5 Å². The van der Waals surface area contributed by atoms with Gasteiger partial charge in [0.05, 0.1) is 23.4 Å². The summed E-state index contributed by atoms with van der Waals surface area (Å²) in [6.45, 7) is 2.16. The van der Waals surface area contributed by atoms with Gasteiger partial charge in [-0.1, -0.05) is 29.7 Å². The van der Waals surface area contributed by atoms with Crippen molar-refractivity contribution in [2.45, 2.75) is 51.9 Å². The summed E-state index contributed by atoms with van der Waals surface area (Å²) in [6.07, 6.45) is -0.147. The van der Waals surface area contributed by atoms with Crippen molar-refractivity contribution >= 4 is 55.9 Å². The largest absolute Gasteiger partial charge is 0.337 e. The minimum Gasteiger partial charge on any atom is -0.337 e. The zero-order valence-electron chi connectivity index (χ0n) is 23.3. The molecule has 43 heavy (non-hydrogen) atoms. The summed E-state index contributed by atoms with van der Waals surface area (Å²) >= 11 is 5.81. The second-order valence-electron chi connectivity index (χ2n) is 10.1. The number of fused-ring (bicyclic) bond motifs is 1. The molecule has 1 fully saturated rings. The van der Waals surface area contributed by atoms with Crippen molar-refractivity contribution in [2.75, 3.05) is 12.3 Å². The highest BCUT2D eigenvalue weighted by Crippen LogP contribution is 2.27. The highest BCUT2D eigenvalue weighted by molar-refractivity contribution is 7.90. The van der Waals surface area contributed by atoms with E-state index in [0.29, 0.717) is 16.5 Å². The van der Waals surface area contributed by atoms with Crippen molar-refractivity contribution in [2.24, 2.45) is 0 Å². The fourth-order valence-electron chi connectivity index (χ4n) is 4.92. The molecule has 2 amide bonds. The quantitative estimate of drug-likeness (QED) is 0.285. The lowest BCUT2D eigenvalue weighted by atomic mass is 10.0. The summed E-state index contributed by atoms with van der Waals surface area (Å²) in [6, 6.07) is 8.12. The van der Waals surface area contributed by atoms with Crippen molar-refractivity contribution < 1.29 is 36.4 Å². The van der Waals surface area contributed by atoms with Crippen LogP contribution in [0.15, 0.2) is 42.6 Å². The summed E-state index contributed by atoms with van der Waals surface area (Å²) in [5, 5.41) is 0.372. The van der Waals surface area contributed by atoms with E-state index in [4.69, 9.17) is 11.6 Å². The molecule has 0 bridgehead atoms. The first-order chi connectivity index (χ1) is 20.3. The Kier molecular flexibility index (Phi) is 9.67. The summed E-state index contributed by atoms with van der Waals surface area (Å²) in [4.78, 5) is 51.9. The van der Waals surface area contributed by atoms with Crippen LogP contribution in [-0.2, 0) is 37.4 Å². The molecule has 0 spiro atoms. The third-order valence-electron chi connectivity index (χ3n) is 7.13. The van der Waals surface area contributed by atoms with Gasteiger partial charge in [-0.05, 0) is 50.1 Å². The Morgan fingerprint density at radius 2 is 1.91 bits per heavy atom. The fourth-order valence-corrected chi connectivity index (χ4v) is 5.59. The van der Waals surface area contributed by atoms with Gasteiger partial charge in [-0.25, -0.2) is 21.9 Å². The number of nitrogens with zero attached hydrogens (tertiary/aromatic N) is 2. The van der Waals surface area contributed by atoms with Crippen molar-refractivity contribution in [1.29, 1.82) is 0 Å². The number of likely N-dealkylation sites (tertiary alicyclic amines) is 1. The monoisotopic (exact) mass is 631 g/mol. The molecular formula is C30H28ClF2N3O6S. The molecule has 4 rings (SSSR count). The molecule has 0 unspecified atom stereocenters. The second-order valence-corrected chi connectivity index (χ2v) is 12.5. The topological polar surface area (TPSA) is 123 Å². The third kappa shape index (κ3) is 7.47. The van der Waals surface area contributed by atoms with Gasteiger partial charge in [0.2, 0.25) is 15.9 Å². The summed E-state index contributed by atoms with van der Waals surface area (Å²) in [5.41, 5.74) is 1.33. The van der Waals surface area contributed by atoms with Crippen molar-refractivity contribution in [3.8, 4) is 11.8 Å². The standard InChI is InChI=1S/C30H28ClF2N3O6S/c1-3-43(41,42)34-28(39)12-8-19-7-10-25-22(13-19)23(18(2)37)16-35(25)17-29(40)36-15-21(32)14-26(36)27(38)11-9-20-5-4-6-24(31)30(20)33/h4-7,10,13,16,21,26H,3,9,11,14-15,17H2,1-2H3,(H,34,39)/t21-,26+/m1/s1. The maximum atomic E-state index is 14.5. The number of aryl methyl sites for hydroxylation is 1. The number of ketones is 2. The molecule has 1 aliphatic rings. The first-order valence-corrected chi connectivity index (χ1v) is 15.4. The Bertz CT molecular complexity index is 1790. The molecular weight excluding hydrogens is 604 g/mol. The molecule has 3 aromatic rings. The molecule has 1 saturated heterocycles. The van der Waals surface area contributed by atoms with Gasteiger partial charge in [0.25, 0.3) is 0 Å². The number of halogens is 3. The minimum atomic E-state index is -3.77. The third-order valence-corrected chi connectivity index (χ3v) is 8.68. The average molecular weight is 632 g/mol. The maximum Gasteiger partial charge on any atom is 0.309 e. The van der Waals surface area contributed by atoms with E-state index in [1.807, 2.05) is 4.72 Å². The van der Waals surface area contributed by atoms with Crippen molar-refractivity contribution in [3.63, 3.8) is 0 Å². The molecule has 2 heterocycles. The van der Waals surface area contributed by atoms with Crippen LogP contribution in [0, 0.1) is 17.7 Å². The number of nitrogens with one attached hydrogen (secondary N) is 1. The Balaban J connectivity index is 1.53. The molecule has 13 heteroatoms. The zero-order valence-corrected chi connectivity index (χ0v) is 24.9. The Morgan fingerprint density at radius 1 is 1.16 bits per heavy atom. The molecule has 1 aliphatic heterocycles. The van der Waals surface area contributed by atoms with Gasteiger partial charge >= 0.3 is 5.91 Å². The number of rotatable bonds is 9. The SMILES string of the molecule is CCS(=O)(=O)NC(=O)C#Cc1ccc2c(c1)c(C(C)=O)cn2CC(=O)N1C[C@H](F)C[C@H]1C(=O)CCc1cccc(Cl)c1F. The van der Waals surface area contributed by atoms with E-state index in [0.717, 1.165) is 0 Å². The molecule has 0 aliphatic carbocycles. The van der Waals surface area contributed by atoms with E-state index >= 15 is 0 Å². The molecule has 2 atom stereocenters. The molecule has 9 nitrogen and oxygen atoms in total. The van der Waals surface area contributed by atoms with Crippen LogP contribution < -0.4 is 4.72 Å². The van der Waals surface area contributed by atoms with Gasteiger partial charge < -0.3 is 9.47 Å². The number of carbonyl (C=O) groups excluding carboxylic acids is 4. The Morgan fingerprint density at radius 3 is 2.60 bits per heavy atom. The highest BCUT2D eigenvalue weighted by Gasteiger charge is 2.39. The van der Waals surface area contributed by atoms with Gasteiger partial charge in [0, 0.05) is 47.0 Å². The number of Topliss-reactive ketones (excluding diaryl/α,β-unsaturated/α-hetero) is 2. The van der Waals surface area contributed by atoms with Crippen molar-refractivity contribution in [1.82, 2.24) is 14.2 Å². The molecule has 1 N–H and O–H groups in total.